The van der Waals surface area contributed by atoms with Crippen molar-refractivity contribution >= 4 is 22.9 Å². The Kier molecular flexibility index (Phi) is 3.95. The summed E-state index contributed by atoms with van der Waals surface area (Å²) in [5.41, 5.74) is 2.92. The molecule has 1 heterocycles. The van der Waals surface area contributed by atoms with Crippen LogP contribution in [0, 0.1) is 13.8 Å². The topological polar surface area (TPSA) is 29.5 Å². The van der Waals surface area contributed by atoms with Crippen LogP contribution in [0.25, 0.3) is 0 Å². The Morgan fingerprint density at radius 1 is 1.22 bits per heavy atom. The van der Waals surface area contributed by atoms with Crippen molar-refractivity contribution in [2.24, 2.45) is 0 Å². The van der Waals surface area contributed by atoms with Crippen LogP contribution in [0.1, 0.15) is 27.7 Å². The summed E-state index contributed by atoms with van der Waals surface area (Å²) in [7, 11) is 1.65. The number of ether oxygens (including phenoxy) is 1. The third-order valence-corrected chi connectivity index (χ3v) is 4.27. The van der Waals surface area contributed by atoms with Gasteiger partial charge in [-0.2, -0.15) is 0 Å². The first kappa shape index (κ1) is 13.4. The highest BCUT2D eigenvalue weighted by molar-refractivity contribution is 7.10. The van der Waals surface area contributed by atoms with Crippen LogP contribution in [0.5, 0.6) is 5.75 Å². The van der Waals surface area contributed by atoms with Crippen molar-refractivity contribution in [3.05, 3.63) is 50.2 Å². The Labute approximate surface area is 116 Å². The maximum atomic E-state index is 10.4. The van der Waals surface area contributed by atoms with E-state index in [-0.39, 0.29) is 0 Å². The summed E-state index contributed by atoms with van der Waals surface area (Å²) >= 11 is 7.35. The predicted molar refractivity (Wildman–Crippen MR) is 75.9 cm³/mol. The summed E-state index contributed by atoms with van der Waals surface area (Å²) in [6, 6.07) is 5.71. The lowest BCUT2D eigenvalue weighted by Crippen LogP contribution is -2.01. The molecule has 96 valence electrons. The van der Waals surface area contributed by atoms with Gasteiger partial charge in [0.2, 0.25) is 0 Å². The van der Waals surface area contributed by atoms with Crippen molar-refractivity contribution in [3.63, 3.8) is 0 Å². The number of halogens is 1. The molecule has 0 radical (unpaired) electrons. The summed E-state index contributed by atoms with van der Waals surface area (Å²) < 4.78 is 5.27. The van der Waals surface area contributed by atoms with Crippen molar-refractivity contribution < 1.29 is 9.84 Å². The van der Waals surface area contributed by atoms with Gasteiger partial charge in [0.1, 0.15) is 11.9 Å². The number of hydrogen-bond acceptors (Lipinski definition) is 3. The number of methoxy groups -OCH3 is 1. The molecule has 1 aromatic carbocycles. The van der Waals surface area contributed by atoms with E-state index in [1.165, 1.54) is 11.3 Å². The highest BCUT2D eigenvalue weighted by atomic mass is 35.5. The lowest BCUT2D eigenvalue weighted by Gasteiger charge is -2.15. The molecule has 1 unspecified atom stereocenters. The van der Waals surface area contributed by atoms with Gasteiger partial charge in [0.25, 0.3) is 0 Å². The first-order valence-electron chi connectivity index (χ1n) is 5.60. The third kappa shape index (κ3) is 2.53. The number of aliphatic hydroxyl groups is 1. The summed E-state index contributed by atoms with van der Waals surface area (Å²) in [5.74, 6) is 0.840. The van der Waals surface area contributed by atoms with Crippen molar-refractivity contribution in [2.45, 2.75) is 20.0 Å². The van der Waals surface area contributed by atoms with Gasteiger partial charge in [-0.15, -0.1) is 11.3 Å². The molecular weight excluding hydrogens is 268 g/mol. The average molecular weight is 283 g/mol. The molecule has 0 bridgehead atoms. The SMILES string of the molecule is COc1cc(C)c(C(O)c2cc(Cl)cs2)cc1C. The zero-order valence-corrected chi connectivity index (χ0v) is 12.1. The van der Waals surface area contributed by atoms with Gasteiger partial charge in [0, 0.05) is 10.3 Å². The lowest BCUT2D eigenvalue weighted by atomic mass is 9.99. The number of rotatable bonds is 3. The van der Waals surface area contributed by atoms with Crippen LogP contribution < -0.4 is 4.74 Å². The van der Waals surface area contributed by atoms with Crippen LogP contribution in [0.15, 0.2) is 23.6 Å². The first-order valence-corrected chi connectivity index (χ1v) is 6.86. The van der Waals surface area contributed by atoms with Crippen molar-refractivity contribution in [3.8, 4) is 5.75 Å². The van der Waals surface area contributed by atoms with Gasteiger partial charge >= 0.3 is 0 Å². The average Bonchev–Trinajstić information content (AvgIpc) is 2.77. The number of aryl methyl sites for hydroxylation is 2. The molecule has 2 nitrogen and oxygen atoms in total. The summed E-state index contributed by atoms with van der Waals surface area (Å²) in [4.78, 5) is 0.854. The van der Waals surface area contributed by atoms with Crippen molar-refractivity contribution in [1.29, 1.82) is 0 Å². The molecule has 4 heteroatoms. The Balaban J connectivity index is 2.42. The molecule has 0 aliphatic heterocycles. The zero-order valence-electron chi connectivity index (χ0n) is 10.5. The van der Waals surface area contributed by atoms with E-state index >= 15 is 0 Å². The van der Waals surface area contributed by atoms with E-state index in [9.17, 15) is 5.11 Å². The fourth-order valence-electron chi connectivity index (χ4n) is 1.95. The smallest absolute Gasteiger partial charge is 0.122 e. The maximum Gasteiger partial charge on any atom is 0.122 e. The van der Waals surface area contributed by atoms with Gasteiger partial charge in [-0.25, -0.2) is 0 Å². The number of aliphatic hydroxyl groups excluding tert-OH is 1. The monoisotopic (exact) mass is 282 g/mol. The molecule has 0 fully saturated rings. The second-order valence-electron chi connectivity index (χ2n) is 4.25. The van der Waals surface area contributed by atoms with Gasteiger partial charge in [0.05, 0.1) is 12.1 Å². The largest absolute Gasteiger partial charge is 0.496 e. The normalized spacial score (nSPS) is 12.5. The number of benzene rings is 1. The van der Waals surface area contributed by atoms with Crippen LogP contribution in [0.2, 0.25) is 5.02 Å². The maximum absolute atomic E-state index is 10.4. The van der Waals surface area contributed by atoms with E-state index in [4.69, 9.17) is 16.3 Å². The molecule has 0 saturated carbocycles. The predicted octanol–water partition coefficient (Wildman–Crippen LogP) is 4.11. The number of hydrogen-bond donors (Lipinski definition) is 1. The van der Waals surface area contributed by atoms with E-state index < -0.39 is 6.10 Å². The summed E-state index contributed by atoms with van der Waals surface area (Å²) in [5, 5.41) is 12.9. The summed E-state index contributed by atoms with van der Waals surface area (Å²) in [6.07, 6.45) is -0.632. The Hall–Kier alpha value is -1.03. The molecule has 0 amide bonds. The van der Waals surface area contributed by atoms with Gasteiger partial charge in [0.15, 0.2) is 0 Å². The zero-order chi connectivity index (χ0) is 13.3. The fourth-order valence-corrected chi connectivity index (χ4v) is 3.03. The minimum absolute atomic E-state index is 0.632. The minimum atomic E-state index is -0.632. The number of thiophene rings is 1. The van der Waals surface area contributed by atoms with Gasteiger partial charge in [-0.05, 0) is 48.7 Å². The van der Waals surface area contributed by atoms with E-state index in [0.717, 1.165) is 27.3 Å². The van der Waals surface area contributed by atoms with Crippen molar-refractivity contribution in [2.75, 3.05) is 7.11 Å². The van der Waals surface area contributed by atoms with Crippen LogP contribution in [-0.2, 0) is 0 Å². The van der Waals surface area contributed by atoms with Gasteiger partial charge < -0.3 is 9.84 Å². The first-order chi connectivity index (χ1) is 8.52. The molecule has 0 aliphatic rings. The molecule has 18 heavy (non-hydrogen) atoms. The molecular formula is C14H15ClO2S. The van der Waals surface area contributed by atoms with E-state index in [0.29, 0.717) is 5.02 Å². The quantitative estimate of drug-likeness (QED) is 0.918. The van der Waals surface area contributed by atoms with Crippen LogP contribution in [0.4, 0.5) is 0 Å². The van der Waals surface area contributed by atoms with Crippen LogP contribution in [-0.4, -0.2) is 12.2 Å². The van der Waals surface area contributed by atoms with Crippen LogP contribution in [0.3, 0.4) is 0 Å². The summed E-state index contributed by atoms with van der Waals surface area (Å²) in [6.45, 7) is 3.94. The Bertz CT molecular complexity index is 563. The van der Waals surface area contributed by atoms with Gasteiger partial charge in [-0.1, -0.05) is 11.6 Å². The highest BCUT2D eigenvalue weighted by Crippen LogP contribution is 2.33. The molecule has 1 N–H and O–H groups in total. The molecule has 0 saturated heterocycles. The minimum Gasteiger partial charge on any atom is -0.496 e. The van der Waals surface area contributed by atoms with E-state index in [2.05, 4.69) is 0 Å². The lowest BCUT2D eigenvalue weighted by molar-refractivity contribution is 0.223. The molecule has 1 aromatic heterocycles. The van der Waals surface area contributed by atoms with Crippen molar-refractivity contribution in [1.82, 2.24) is 0 Å². The van der Waals surface area contributed by atoms with E-state index in [1.54, 1.807) is 13.2 Å². The second kappa shape index (κ2) is 5.31. The molecule has 2 rings (SSSR count). The molecule has 2 aromatic rings. The fraction of sp³-hybridized carbons (Fsp3) is 0.286. The van der Waals surface area contributed by atoms with Crippen LogP contribution >= 0.6 is 22.9 Å². The molecule has 0 spiro atoms. The molecule has 0 aliphatic carbocycles. The standard InChI is InChI=1S/C14H15ClO2S/c1-8-5-12(17-3)9(2)4-11(8)14(16)13-6-10(15)7-18-13/h4-7,14,16H,1-3H3. The molecule has 1 atom stereocenters. The van der Waals surface area contributed by atoms with E-state index in [1.807, 2.05) is 31.4 Å². The Morgan fingerprint density at radius 3 is 2.50 bits per heavy atom. The van der Waals surface area contributed by atoms with Gasteiger partial charge in [-0.3, -0.25) is 0 Å². The second-order valence-corrected chi connectivity index (χ2v) is 5.63. The third-order valence-electron chi connectivity index (χ3n) is 2.94. The Morgan fingerprint density at radius 2 is 1.94 bits per heavy atom. The highest BCUT2D eigenvalue weighted by Gasteiger charge is 2.16.